The molecule has 2 aromatic heterocycles. The Bertz CT molecular complexity index is 570. The quantitative estimate of drug-likeness (QED) is 0.828. The maximum absolute atomic E-state index is 5.62. The lowest BCUT2D eigenvalue weighted by Gasteiger charge is -2.15. The predicted molar refractivity (Wildman–Crippen MR) is 84.0 cm³/mol. The Morgan fingerprint density at radius 3 is 2.70 bits per heavy atom. The molecule has 2 N–H and O–H groups in total. The van der Waals surface area contributed by atoms with Crippen molar-refractivity contribution in [3.05, 3.63) is 34.5 Å². The molecule has 2 rings (SSSR count). The molecule has 1 atom stereocenters. The third kappa shape index (κ3) is 3.50. The van der Waals surface area contributed by atoms with Crippen molar-refractivity contribution in [3.8, 4) is 0 Å². The van der Waals surface area contributed by atoms with Crippen molar-refractivity contribution in [2.75, 3.05) is 17.2 Å². The van der Waals surface area contributed by atoms with Crippen LogP contribution in [0.1, 0.15) is 37.8 Å². The van der Waals surface area contributed by atoms with Gasteiger partial charge in [0.1, 0.15) is 34.0 Å². The molecule has 0 radical (unpaired) electrons. The standard InChI is InChI=1S/C14H19BrN4O/c1-4-7-16-13-12(15)14(18-8-17-13)19-10(3)11-6-5-9(2)20-11/h5-6,8,10H,4,7H2,1-3H3,(H2,16,17,18,19). The van der Waals surface area contributed by atoms with E-state index in [1.807, 2.05) is 26.0 Å². The topological polar surface area (TPSA) is 63.0 Å². The molecule has 5 nitrogen and oxygen atoms in total. The monoisotopic (exact) mass is 338 g/mol. The van der Waals surface area contributed by atoms with E-state index in [1.165, 1.54) is 0 Å². The molecule has 0 fully saturated rings. The minimum Gasteiger partial charge on any atom is -0.464 e. The molecule has 0 aliphatic carbocycles. The van der Waals surface area contributed by atoms with Crippen molar-refractivity contribution in [1.82, 2.24) is 9.97 Å². The molecule has 2 heterocycles. The van der Waals surface area contributed by atoms with Crippen molar-refractivity contribution in [3.63, 3.8) is 0 Å². The Morgan fingerprint density at radius 2 is 2.05 bits per heavy atom. The number of aromatic nitrogens is 2. The van der Waals surface area contributed by atoms with Crippen LogP contribution in [0.4, 0.5) is 11.6 Å². The summed E-state index contributed by atoms with van der Waals surface area (Å²) in [5.41, 5.74) is 0. The van der Waals surface area contributed by atoms with E-state index in [0.717, 1.165) is 40.6 Å². The largest absolute Gasteiger partial charge is 0.464 e. The van der Waals surface area contributed by atoms with Gasteiger partial charge in [0.05, 0.1) is 6.04 Å². The Kier molecular flexibility index (Phi) is 5.00. The SMILES string of the molecule is CCCNc1ncnc(NC(C)c2ccc(C)o2)c1Br. The van der Waals surface area contributed by atoms with Gasteiger partial charge in [-0.15, -0.1) is 0 Å². The summed E-state index contributed by atoms with van der Waals surface area (Å²) in [6.45, 7) is 6.96. The van der Waals surface area contributed by atoms with Crippen molar-refractivity contribution in [1.29, 1.82) is 0 Å². The molecule has 1 unspecified atom stereocenters. The first kappa shape index (κ1) is 14.8. The zero-order valence-electron chi connectivity index (χ0n) is 11.9. The number of halogens is 1. The second-order valence-electron chi connectivity index (χ2n) is 4.63. The molecule has 0 aromatic carbocycles. The van der Waals surface area contributed by atoms with Crippen LogP contribution < -0.4 is 10.6 Å². The maximum Gasteiger partial charge on any atom is 0.146 e. The van der Waals surface area contributed by atoms with Gasteiger partial charge in [-0.2, -0.15) is 0 Å². The first-order valence-electron chi connectivity index (χ1n) is 6.69. The van der Waals surface area contributed by atoms with Gasteiger partial charge in [-0.3, -0.25) is 0 Å². The van der Waals surface area contributed by atoms with Gasteiger partial charge in [0.2, 0.25) is 0 Å². The molecule has 0 saturated heterocycles. The van der Waals surface area contributed by atoms with Crippen LogP contribution in [0, 0.1) is 6.92 Å². The highest BCUT2D eigenvalue weighted by molar-refractivity contribution is 9.10. The van der Waals surface area contributed by atoms with E-state index in [9.17, 15) is 0 Å². The van der Waals surface area contributed by atoms with Crippen LogP contribution >= 0.6 is 15.9 Å². The summed E-state index contributed by atoms with van der Waals surface area (Å²) in [5, 5.41) is 6.58. The Morgan fingerprint density at radius 1 is 1.30 bits per heavy atom. The van der Waals surface area contributed by atoms with Crippen LogP contribution in [0.2, 0.25) is 0 Å². The number of nitrogens with one attached hydrogen (secondary N) is 2. The van der Waals surface area contributed by atoms with Crippen LogP contribution in [0.5, 0.6) is 0 Å². The van der Waals surface area contributed by atoms with Gasteiger partial charge in [-0.1, -0.05) is 6.92 Å². The molecule has 0 amide bonds. The van der Waals surface area contributed by atoms with E-state index in [-0.39, 0.29) is 6.04 Å². The summed E-state index contributed by atoms with van der Waals surface area (Å²) in [4.78, 5) is 8.50. The van der Waals surface area contributed by atoms with Crippen molar-refractivity contribution in [2.24, 2.45) is 0 Å². The first-order chi connectivity index (χ1) is 9.61. The average Bonchev–Trinajstić information content (AvgIpc) is 2.86. The number of rotatable bonds is 6. The molecule has 0 saturated carbocycles. The van der Waals surface area contributed by atoms with E-state index in [2.05, 4.69) is 43.5 Å². The van der Waals surface area contributed by atoms with Crippen LogP contribution in [-0.2, 0) is 0 Å². The molecular formula is C14H19BrN4O. The minimum absolute atomic E-state index is 0.0360. The van der Waals surface area contributed by atoms with Gasteiger partial charge in [-0.05, 0) is 48.3 Å². The van der Waals surface area contributed by atoms with E-state index < -0.39 is 0 Å². The van der Waals surface area contributed by atoms with Gasteiger partial charge < -0.3 is 15.1 Å². The molecule has 0 aliphatic heterocycles. The van der Waals surface area contributed by atoms with Gasteiger partial charge in [0.25, 0.3) is 0 Å². The smallest absolute Gasteiger partial charge is 0.146 e. The number of furan rings is 1. The Hall–Kier alpha value is -1.56. The van der Waals surface area contributed by atoms with Gasteiger partial charge in [0.15, 0.2) is 0 Å². The number of nitrogens with zero attached hydrogens (tertiary/aromatic N) is 2. The number of aryl methyl sites for hydroxylation is 1. The number of hydrogen-bond donors (Lipinski definition) is 2. The first-order valence-corrected chi connectivity index (χ1v) is 7.48. The highest BCUT2D eigenvalue weighted by atomic mass is 79.9. The van der Waals surface area contributed by atoms with Crippen LogP contribution in [0.25, 0.3) is 0 Å². The maximum atomic E-state index is 5.62. The van der Waals surface area contributed by atoms with Crippen molar-refractivity contribution in [2.45, 2.75) is 33.2 Å². The third-order valence-corrected chi connectivity index (χ3v) is 3.62. The molecule has 0 spiro atoms. The Balaban J connectivity index is 2.12. The predicted octanol–water partition coefficient (Wildman–Crippen LogP) is 4.14. The van der Waals surface area contributed by atoms with E-state index >= 15 is 0 Å². The molecule has 0 aliphatic rings. The lowest BCUT2D eigenvalue weighted by molar-refractivity contribution is 0.466. The summed E-state index contributed by atoms with van der Waals surface area (Å²) in [6, 6.07) is 3.96. The van der Waals surface area contributed by atoms with E-state index in [4.69, 9.17) is 4.42 Å². The van der Waals surface area contributed by atoms with Gasteiger partial charge >= 0.3 is 0 Å². The number of hydrogen-bond acceptors (Lipinski definition) is 5. The lowest BCUT2D eigenvalue weighted by Crippen LogP contribution is -2.10. The minimum atomic E-state index is 0.0360. The molecule has 0 bridgehead atoms. The van der Waals surface area contributed by atoms with E-state index in [1.54, 1.807) is 6.33 Å². The van der Waals surface area contributed by atoms with Crippen LogP contribution in [-0.4, -0.2) is 16.5 Å². The van der Waals surface area contributed by atoms with Crippen LogP contribution in [0.3, 0.4) is 0 Å². The van der Waals surface area contributed by atoms with Gasteiger partial charge in [-0.25, -0.2) is 9.97 Å². The van der Waals surface area contributed by atoms with E-state index in [0.29, 0.717) is 0 Å². The fourth-order valence-corrected chi connectivity index (χ4v) is 2.26. The summed E-state index contributed by atoms with van der Waals surface area (Å²) in [5.74, 6) is 3.34. The molecule has 20 heavy (non-hydrogen) atoms. The summed E-state index contributed by atoms with van der Waals surface area (Å²) in [7, 11) is 0. The zero-order valence-corrected chi connectivity index (χ0v) is 13.5. The van der Waals surface area contributed by atoms with Gasteiger partial charge in [0, 0.05) is 6.54 Å². The lowest BCUT2D eigenvalue weighted by atomic mass is 10.2. The molecular weight excluding hydrogens is 320 g/mol. The fraction of sp³-hybridized carbons (Fsp3) is 0.429. The van der Waals surface area contributed by atoms with Crippen molar-refractivity contribution >= 4 is 27.6 Å². The Labute approximate surface area is 127 Å². The number of anilines is 2. The molecule has 6 heteroatoms. The van der Waals surface area contributed by atoms with Crippen molar-refractivity contribution < 1.29 is 4.42 Å². The highest BCUT2D eigenvalue weighted by Gasteiger charge is 2.14. The normalized spacial score (nSPS) is 12.2. The second kappa shape index (κ2) is 6.74. The highest BCUT2D eigenvalue weighted by Crippen LogP contribution is 2.29. The second-order valence-corrected chi connectivity index (χ2v) is 5.42. The molecule has 2 aromatic rings. The average molecular weight is 339 g/mol. The third-order valence-electron chi connectivity index (χ3n) is 2.87. The van der Waals surface area contributed by atoms with Crippen LogP contribution in [0.15, 0.2) is 27.3 Å². The molecule has 108 valence electrons. The fourth-order valence-electron chi connectivity index (χ4n) is 1.80. The zero-order chi connectivity index (χ0) is 14.5. The summed E-state index contributed by atoms with van der Waals surface area (Å²) in [6.07, 6.45) is 2.59. The summed E-state index contributed by atoms with van der Waals surface area (Å²) >= 11 is 3.54. The summed E-state index contributed by atoms with van der Waals surface area (Å²) < 4.78 is 6.45.